The topological polar surface area (TPSA) is 60.3 Å². The summed E-state index contributed by atoms with van der Waals surface area (Å²) < 4.78 is 7.70. The van der Waals surface area contributed by atoms with Crippen molar-refractivity contribution in [2.75, 3.05) is 7.05 Å². The molecule has 0 aliphatic rings. The Bertz CT molecular complexity index is 708. The van der Waals surface area contributed by atoms with Crippen molar-refractivity contribution in [1.29, 1.82) is 0 Å². The van der Waals surface area contributed by atoms with Gasteiger partial charge in [-0.2, -0.15) is 0 Å². The molecule has 0 atom stereocenters. The van der Waals surface area contributed by atoms with Gasteiger partial charge in [0.1, 0.15) is 6.61 Å². The summed E-state index contributed by atoms with van der Waals surface area (Å²) in [7, 11) is 1.61. The molecule has 5 nitrogen and oxygen atoms in total. The van der Waals surface area contributed by atoms with E-state index in [9.17, 15) is 9.59 Å². The Hall–Kier alpha value is -2.56. The third-order valence-corrected chi connectivity index (χ3v) is 3.66. The molecule has 0 aliphatic carbocycles. The Kier molecular flexibility index (Phi) is 5.97. The molecule has 2 aromatic rings. The van der Waals surface area contributed by atoms with E-state index >= 15 is 0 Å². The van der Waals surface area contributed by atoms with Crippen LogP contribution in [0.1, 0.15) is 24.6 Å². The van der Waals surface area contributed by atoms with Crippen molar-refractivity contribution in [2.45, 2.75) is 32.9 Å². The molecule has 122 valence electrons. The molecule has 1 heterocycles. The smallest absolute Gasteiger partial charge is 0.223 e. The first-order chi connectivity index (χ1) is 11.2. The van der Waals surface area contributed by atoms with Gasteiger partial charge in [-0.05, 0) is 12.0 Å². The predicted molar refractivity (Wildman–Crippen MR) is 89.5 cm³/mol. The first-order valence-electron chi connectivity index (χ1n) is 7.75. The van der Waals surface area contributed by atoms with Crippen LogP contribution in [-0.4, -0.2) is 17.5 Å². The number of benzene rings is 1. The van der Waals surface area contributed by atoms with Gasteiger partial charge >= 0.3 is 0 Å². The van der Waals surface area contributed by atoms with Crippen molar-refractivity contribution in [3.05, 3.63) is 64.1 Å². The van der Waals surface area contributed by atoms with Crippen LogP contribution in [-0.2, 0) is 24.4 Å². The summed E-state index contributed by atoms with van der Waals surface area (Å²) in [4.78, 5) is 23.6. The zero-order valence-electron chi connectivity index (χ0n) is 13.5. The molecule has 0 fully saturated rings. The zero-order chi connectivity index (χ0) is 16.7. The molecule has 0 bridgehead atoms. The summed E-state index contributed by atoms with van der Waals surface area (Å²) in [6, 6.07) is 11.2. The van der Waals surface area contributed by atoms with E-state index in [0.717, 1.165) is 11.3 Å². The van der Waals surface area contributed by atoms with Gasteiger partial charge in [-0.25, -0.2) is 0 Å². The number of carbonyl (C=O) groups is 1. The Balaban J connectivity index is 2.20. The highest BCUT2D eigenvalue weighted by atomic mass is 16.5. The van der Waals surface area contributed by atoms with E-state index < -0.39 is 0 Å². The van der Waals surface area contributed by atoms with Gasteiger partial charge in [0.2, 0.25) is 11.3 Å². The molecule has 0 saturated carbocycles. The Morgan fingerprint density at radius 1 is 1.22 bits per heavy atom. The fourth-order valence-electron chi connectivity index (χ4n) is 2.40. The highest BCUT2D eigenvalue weighted by Crippen LogP contribution is 2.16. The van der Waals surface area contributed by atoms with Crippen molar-refractivity contribution in [3.63, 3.8) is 0 Å². The van der Waals surface area contributed by atoms with Crippen molar-refractivity contribution in [2.24, 2.45) is 0 Å². The predicted octanol–water partition coefficient (Wildman–Crippen LogP) is 2.13. The monoisotopic (exact) mass is 314 g/mol. The number of nitrogens with zero attached hydrogens (tertiary/aromatic N) is 1. The standard InChI is InChI=1S/C18H22N2O3/c1-3-15-18(23-13-14-7-5-4-6-8-14)16(21)9-11-20(15)12-10-17(22)19-2/h4-9,11H,3,10,12-13H2,1-2H3,(H,19,22). The largest absolute Gasteiger partial charge is 0.483 e. The summed E-state index contributed by atoms with van der Waals surface area (Å²) in [5, 5.41) is 2.60. The molecule has 1 N–H and O–H groups in total. The second kappa shape index (κ2) is 8.17. The van der Waals surface area contributed by atoms with E-state index in [2.05, 4.69) is 5.32 Å². The third kappa shape index (κ3) is 4.45. The first-order valence-corrected chi connectivity index (χ1v) is 7.75. The molecule has 0 spiro atoms. The molecule has 0 radical (unpaired) electrons. The lowest BCUT2D eigenvalue weighted by Gasteiger charge is -2.16. The number of carbonyl (C=O) groups excluding carboxylic acids is 1. The highest BCUT2D eigenvalue weighted by molar-refractivity contribution is 5.75. The van der Waals surface area contributed by atoms with Crippen molar-refractivity contribution < 1.29 is 9.53 Å². The van der Waals surface area contributed by atoms with Gasteiger partial charge in [-0.3, -0.25) is 9.59 Å². The maximum absolute atomic E-state index is 12.1. The van der Waals surface area contributed by atoms with Gasteiger partial charge in [0.15, 0.2) is 5.75 Å². The quantitative estimate of drug-likeness (QED) is 0.851. The van der Waals surface area contributed by atoms with Crippen LogP contribution in [0.2, 0.25) is 0 Å². The molecule has 1 aromatic heterocycles. The average molecular weight is 314 g/mol. The van der Waals surface area contributed by atoms with Crippen LogP contribution in [0.3, 0.4) is 0 Å². The summed E-state index contributed by atoms with van der Waals surface area (Å²) in [5.41, 5.74) is 1.70. The van der Waals surface area contributed by atoms with E-state index in [-0.39, 0.29) is 11.3 Å². The summed E-state index contributed by atoms with van der Waals surface area (Å²) in [6.45, 7) is 2.84. The van der Waals surface area contributed by atoms with E-state index in [0.29, 0.717) is 31.7 Å². The zero-order valence-corrected chi connectivity index (χ0v) is 13.5. The number of ether oxygens (including phenoxy) is 1. The summed E-state index contributed by atoms with van der Waals surface area (Å²) in [5.74, 6) is 0.341. The number of aryl methyl sites for hydroxylation is 1. The average Bonchev–Trinajstić information content (AvgIpc) is 2.59. The lowest BCUT2D eigenvalue weighted by Crippen LogP contribution is -2.22. The van der Waals surface area contributed by atoms with Crippen molar-refractivity contribution in [3.8, 4) is 5.75 Å². The maximum Gasteiger partial charge on any atom is 0.223 e. The van der Waals surface area contributed by atoms with Crippen LogP contribution in [0.5, 0.6) is 5.75 Å². The van der Waals surface area contributed by atoms with Gasteiger partial charge in [-0.15, -0.1) is 0 Å². The van der Waals surface area contributed by atoms with Crippen LogP contribution >= 0.6 is 0 Å². The molecule has 1 aromatic carbocycles. The lowest BCUT2D eigenvalue weighted by molar-refractivity contribution is -0.120. The fraction of sp³-hybridized carbons (Fsp3) is 0.333. The number of hydrogen-bond acceptors (Lipinski definition) is 3. The van der Waals surface area contributed by atoms with Crippen LogP contribution in [0.25, 0.3) is 0 Å². The van der Waals surface area contributed by atoms with Crippen molar-refractivity contribution >= 4 is 5.91 Å². The Morgan fingerprint density at radius 2 is 1.96 bits per heavy atom. The first kappa shape index (κ1) is 16.8. The second-order valence-electron chi connectivity index (χ2n) is 5.20. The number of pyridine rings is 1. The van der Waals surface area contributed by atoms with Crippen LogP contribution in [0, 0.1) is 0 Å². The minimum atomic E-state index is -0.131. The van der Waals surface area contributed by atoms with E-state index in [4.69, 9.17) is 4.74 Å². The van der Waals surface area contributed by atoms with E-state index in [1.165, 1.54) is 6.07 Å². The molecule has 5 heteroatoms. The lowest BCUT2D eigenvalue weighted by atomic mass is 10.2. The van der Waals surface area contributed by atoms with E-state index in [1.807, 2.05) is 41.8 Å². The van der Waals surface area contributed by atoms with Gasteiger partial charge < -0.3 is 14.6 Å². The van der Waals surface area contributed by atoms with Crippen LogP contribution < -0.4 is 15.5 Å². The van der Waals surface area contributed by atoms with Gasteiger partial charge in [0.25, 0.3) is 0 Å². The normalized spacial score (nSPS) is 10.3. The van der Waals surface area contributed by atoms with E-state index in [1.54, 1.807) is 13.2 Å². The molecule has 0 saturated heterocycles. The number of hydrogen-bond donors (Lipinski definition) is 1. The SMILES string of the molecule is CCc1c(OCc2ccccc2)c(=O)ccn1CCC(=O)NC. The molecule has 1 amide bonds. The maximum atomic E-state index is 12.1. The third-order valence-electron chi connectivity index (χ3n) is 3.66. The fourth-order valence-corrected chi connectivity index (χ4v) is 2.40. The molecular formula is C18H22N2O3. The molecule has 23 heavy (non-hydrogen) atoms. The summed E-state index contributed by atoms with van der Waals surface area (Å²) >= 11 is 0. The number of nitrogens with one attached hydrogen (secondary N) is 1. The van der Waals surface area contributed by atoms with Crippen LogP contribution in [0.15, 0.2) is 47.4 Å². The Morgan fingerprint density at radius 3 is 2.61 bits per heavy atom. The van der Waals surface area contributed by atoms with Gasteiger partial charge in [0, 0.05) is 32.3 Å². The molecular weight excluding hydrogens is 292 g/mol. The minimum Gasteiger partial charge on any atom is -0.483 e. The van der Waals surface area contributed by atoms with Gasteiger partial charge in [-0.1, -0.05) is 37.3 Å². The summed E-state index contributed by atoms with van der Waals surface area (Å²) in [6.07, 6.45) is 2.75. The Labute approximate surface area is 135 Å². The number of amides is 1. The minimum absolute atomic E-state index is 0.0301. The van der Waals surface area contributed by atoms with Crippen LogP contribution in [0.4, 0.5) is 0 Å². The second-order valence-corrected chi connectivity index (χ2v) is 5.20. The van der Waals surface area contributed by atoms with Gasteiger partial charge in [0.05, 0.1) is 5.69 Å². The van der Waals surface area contributed by atoms with Crippen molar-refractivity contribution in [1.82, 2.24) is 9.88 Å². The number of rotatable bonds is 7. The highest BCUT2D eigenvalue weighted by Gasteiger charge is 2.12. The molecule has 0 aliphatic heterocycles. The number of aromatic nitrogens is 1. The molecule has 0 unspecified atom stereocenters. The molecule has 2 rings (SSSR count).